The van der Waals surface area contributed by atoms with Gasteiger partial charge in [0, 0.05) is 37.4 Å². The largest absolute Gasteiger partial charge is 0.378 e. The van der Waals surface area contributed by atoms with Gasteiger partial charge in [0.15, 0.2) is 0 Å². The molecule has 1 N–H and O–H groups in total. The first-order valence-electron chi connectivity index (χ1n) is 10.2. The summed E-state index contributed by atoms with van der Waals surface area (Å²) < 4.78 is 7.83. The van der Waals surface area contributed by atoms with E-state index in [1.807, 2.05) is 28.8 Å². The van der Waals surface area contributed by atoms with Crippen LogP contribution in [-0.4, -0.2) is 59.0 Å². The highest BCUT2D eigenvalue weighted by Gasteiger charge is 2.52. The molecule has 146 valence electrons. The van der Waals surface area contributed by atoms with Crippen LogP contribution in [0.3, 0.4) is 0 Å². The average Bonchev–Trinajstić information content (AvgIpc) is 3.14. The van der Waals surface area contributed by atoms with Crippen LogP contribution >= 0.6 is 0 Å². The zero-order valence-corrected chi connectivity index (χ0v) is 16.7. The summed E-state index contributed by atoms with van der Waals surface area (Å²) in [4.78, 5) is 15.2. The van der Waals surface area contributed by atoms with Crippen LogP contribution < -0.4 is 5.32 Å². The molecule has 1 aromatic heterocycles. The molecular weight excluding hydrogens is 328 g/mol. The second-order valence-electron chi connectivity index (χ2n) is 8.20. The topological polar surface area (TPSA) is 59.4 Å². The van der Waals surface area contributed by atoms with Crippen molar-refractivity contribution in [1.82, 2.24) is 20.0 Å². The zero-order chi connectivity index (χ0) is 18.7. The summed E-state index contributed by atoms with van der Waals surface area (Å²) in [5.74, 6) is 0.0578. The Hall–Kier alpha value is -1.40. The lowest BCUT2D eigenvalue weighted by atomic mass is 9.63. The van der Waals surface area contributed by atoms with Crippen LogP contribution in [0.2, 0.25) is 0 Å². The van der Waals surface area contributed by atoms with Gasteiger partial charge >= 0.3 is 0 Å². The Kier molecular flexibility index (Phi) is 6.03. The number of carbonyl (C=O) groups is 1. The van der Waals surface area contributed by atoms with E-state index in [0.717, 1.165) is 51.9 Å². The summed E-state index contributed by atoms with van der Waals surface area (Å²) in [6.07, 6.45) is 6.34. The van der Waals surface area contributed by atoms with Crippen molar-refractivity contribution in [2.45, 2.75) is 71.6 Å². The molecular formula is C20H34N4O2. The molecule has 26 heavy (non-hydrogen) atoms. The summed E-state index contributed by atoms with van der Waals surface area (Å²) in [5.41, 5.74) is 0.552. The zero-order valence-electron chi connectivity index (χ0n) is 16.7. The maximum absolute atomic E-state index is 13.2. The minimum Gasteiger partial charge on any atom is -0.378 e. The Labute approximate surface area is 157 Å². The van der Waals surface area contributed by atoms with E-state index in [4.69, 9.17) is 4.74 Å². The van der Waals surface area contributed by atoms with Gasteiger partial charge in [0.25, 0.3) is 5.91 Å². The molecule has 1 amide bonds. The first-order valence-corrected chi connectivity index (χ1v) is 10.2. The van der Waals surface area contributed by atoms with Crippen LogP contribution in [0.25, 0.3) is 0 Å². The molecule has 6 nitrogen and oxygen atoms in total. The van der Waals surface area contributed by atoms with Crippen LogP contribution in [0.4, 0.5) is 0 Å². The van der Waals surface area contributed by atoms with E-state index in [0.29, 0.717) is 11.7 Å². The third kappa shape index (κ3) is 3.67. The van der Waals surface area contributed by atoms with Gasteiger partial charge in [-0.3, -0.25) is 9.48 Å². The Bertz CT molecular complexity index is 607. The normalized spacial score (nSPS) is 27.8. The lowest BCUT2D eigenvalue weighted by molar-refractivity contribution is -0.140. The molecule has 0 spiro atoms. The standard InChI is InChI=1S/C20H34N4O2/c1-5-11-23(17-13-18(26-6-2)20(17,3)4)19(25)16-9-12-24(22-16)15-8-7-10-21-14-15/h9,12,15,17-18,21H,5-8,10-11,13-14H2,1-4H3. The van der Waals surface area contributed by atoms with Crippen LogP contribution in [0.1, 0.15) is 69.9 Å². The molecule has 3 rings (SSSR count). The van der Waals surface area contributed by atoms with Crippen LogP contribution in [-0.2, 0) is 4.74 Å². The van der Waals surface area contributed by atoms with Crippen LogP contribution in [0.5, 0.6) is 0 Å². The summed E-state index contributed by atoms with van der Waals surface area (Å²) in [7, 11) is 0. The van der Waals surface area contributed by atoms with Crippen molar-refractivity contribution in [3.05, 3.63) is 18.0 Å². The van der Waals surface area contributed by atoms with E-state index >= 15 is 0 Å². The number of rotatable bonds is 7. The molecule has 2 aliphatic rings. The first-order chi connectivity index (χ1) is 12.5. The highest BCUT2D eigenvalue weighted by Crippen LogP contribution is 2.46. The highest BCUT2D eigenvalue weighted by atomic mass is 16.5. The van der Waals surface area contributed by atoms with Gasteiger partial charge in [-0.15, -0.1) is 0 Å². The summed E-state index contributed by atoms with van der Waals surface area (Å²) in [6, 6.07) is 2.45. The molecule has 1 saturated carbocycles. The Morgan fingerprint density at radius 3 is 2.88 bits per heavy atom. The van der Waals surface area contributed by atoms with Crippen molar-refractivity contribution < 1.29 is 9.53 Å². The van der Waals surface area contributed by atoms with E-state index in [9.17, 15) is 4.79 Å². The lowest BCUT2D eigenvalue weighted by Gasteiger charge is -2.55. The number of ether oxygens (including phenoxy) is 1. The second-order valence-corrected chi connectivity index (χ2v) is 8.20. The summed E-state index contributed by atoms with van der Waals surface area (Å²) >= 11 is 0. The van der Waals surface area contributed by atoms with E-state index in [2.05, 4.69) is 31.2 Å². The minimum atomic E-state index is -0.0172. The van der Waals surface area contributed by atoms with Crippen molar-refractivity contribution in [2.24, 2.45) is 5.41 Å². The van der Waals surface area contributed by atoms with Gasteiger partial charge < -0.3 is 15.0 Å². The van der Waals surface area contributed by atoms with Crippen molar-refractivity contribution in [1.29, 1.82) is 0 Å². The quantitative estimate of drug-likeness (QED) is 0.810. The number of hydrogen-bond acceptors (Lipinski definition) is 4. The fourth-order valence-corrected chi connectivity index (χ4v) is 4.38. The van der Waals surface area contributed by atoms with Crippen molar-refractivity contribution in [3.8, 4) is 0 Å². The van der Waals surface area contributed by atoms with Gasteiger partial charge in [0.05, 0.1) is 12.1 Å². The number of piperidine rings is 1. The monoisotopic (exact) mass is 362 g/mol. The van der Waals surface area contributed by atoms with Gasteiger partial charge in [0.2, 0.25) is 0 Å². The number of hydrogen-bond donors (Lipinski definition) is 1. The molecule has 0 radical (unpaired) electrons. The molecule has 1 saturated heterocycles. The molecule has 0 aromatic carbocycles. The average molecular weight is 363 g/mol. The fraction of sp³-hybridized carbons (Fsp3) is 0.800. The number of nitrogens with zero attached hydrogens (tertiary/aromatic N) is 3. The van der Waals surface area contributed by atoms with Gasteiger partial charge in [0.1, 0.15) is 5.69 Å². The first kappa shape index (κ1) is 19.4. The summed E-state index contributed by atoms with van der Waals surface area (Å²) in [6.45, 7) is 12.1. The minimum absolute atomic E-state index is 0.0172. The van der Waals surface area contributed by atoms with Gasteiger partial charge in [-0.05, 0) is 45.2 Å². The third-order valence-electron chi connectivity index (χ3n) is 6.07. The molecule has 3 atom stereocenters. The SMILES string of the molecule is CCCN(C(=O)c1ccn(C2CCCNC2)n1)C1CC(OCC)C1(C)C. The van der Waals surface area contributed by atoms with Crippen molar-refractivity contribution in [2.75, 3.05) is 26.2 Å². The molecule has 1 aliphatic heterocycles. The molecule has 0 bridgehead atoms. The maximum atomic E-state index is 13.2. The van der Waals surface area contributed by atoms with E-state index in [1.54, 1.807) is 0 Å². The third-order valence-corrected chi connectivity index (χ3v) is 6.07. The molecule has 1 aromatic rings. The Balaban J connectivity index is 1.72. The second kappa shape index (κ2) is 8.09. The number of amides is 1. The van der Waals surface area contributed by atoms with Crippen molar-refractivity contribution in [3.63, 3.8) is 0 Å². The Morgan fingerprint density at radius 2 is 2.27 bits per heavy atom. The number of nitrogens with one attached hydrogen (secondary N) is 1. The smallest absolute Gasteiger partial charge is 0.274 e. The number of aromatic nitrogens is 2. The molecule has 2 fully saturated rings. The lowest BCUT2D eigenvalue weighted by Crippen LogP contribution is -2.63. The molecule has 3 unspecified atom stereocenters. The fourth-order valence-electron chi connectivity index (χ4n) is 4.38. The van der Waals surface area contributed by atoms with Gasteiger partial charge in [-0.1, -0.05) is 20.8 Å². The van der Waals surface area contributed by atoms with E-state index in [-0.39, 0.29) is 23.5 Å². The van der Waals surface area contributed by atoms with Gasteiger partial charge in [-0.2, -0.15) is 5.10 Å². The maximum Gasteiger partial charge on any atom is 0.274 e. The molecule has 2 heterocycles. The predicted molar refractivity (Wildman–Crippen MR) is 102 cm³/mol. The summed E-state index contributed by atoms with van der Waals surface area (Å²) in [5, 5.41) is 8.04. The highest BCUT2D eigenvalue weighted by molar-refractivity contribution is 5.92. The molecule has 6 heteroatoms. The van der Waals surface area contributed by atoms with E-state index in [1.165, 1.54) is 0 Å². The van der Waals surface area contributed by atoms with Crippen molar-refractivity contribution >= 4 is 5.91 Å². The predicted octanol–water partition coefficient (Wildman–Crippen LogP) is 2.86. The Morgan fingerprint density at radius 1 is 1.46 bits per heavy atom. The van der Waals surface area contributed by atoms with Crippen LogP contribution in [0, 0.1) is 5.41 Å². The van der Waals surface area contributed by atoms with Crippen LogP contribution in [0.15, 0.2) is 12.3 Å². The molecule has 1 aliphatic carbocycles. The van der Waals surface area contributed by atoms with Gasteiger partial charge in [-0.25, -0.2) is 0 Å². The number of carbonyl (C=O) groups excluding carboxylic acids is 1. The van der Waals surface area contributed by atoms with E-state index < -0.39 is 0 Å².